The second-order valence-corrected chi connectivity index (χ2v) is 7.86. The van der Waals surface area contributed by atoms with Crippen molar-refractivity contribution < 1.29 is 9.53 Å². The molecule has 26 heavy (non-hydrogen) atoms. The minimum Gasteiger partial charge on any atom is -0.459 e. The van der Waals surface area contributed by atoms with E-state index in [1.54, 1.807) is 30.4 Å². The lowest BCUT2D eigenvalue weighted by atomic mass is 10.2. The lowest BCUT2D eigenvalue weighted by Gasteiger charge is -2.14. The van der Waals surface area contributed by atoms with E-state index in [2.05, 4.69) is 4.98 Å². The number of fused-ring (bicyclic) bond motifs is 3. The molecule has 0 radical (unpaired) electrons. The highest BCUT2D eigenvalue weighted by molar-refractivity contribution is 7.18. The van der Waals surface area contributed by atoms with Crippen LogP contribution in [0.15, 0.2) is 35.4 Å². The van der Waals surface area contributed by atoms with Gasteiger partial charge in [-0.2, -0.15) is 0 Å². The lowest BCUT2D eigenvalue weighted by molar-refractivity contribution is -0.148. The van der Waals surface area contributed by atoms with E-state index in [9.17, 15) is 9.59 Å². The van der Waals surface area contributed by atoms with E-state index in [0.717, 1.165) is 35.2 Å². The van der Waals surface area contributed by atoms with Crippen molar-refractivity contribution in [3.63, 3.8) is 0 Å². The highest BCUT2D eigenvalue weighted by Gasteiger charge is 2.24. The van der Waals surface area contributed by atoms with Crippen molar-refractivity contribution in [2.45, 2.75) is 38.8 Å². The van der Waals surface area contributed by atoms with Crippen LogP contribution in [0.2, 0.25) is 5.02 Å². The summed E-state index contributed by atoms with van der Waals surface area (Å²) in [7, 11) is 0. The number of thiophene rings is 1. The Labute approximate surface area is 159 Å². The Morgan fingerprint density at radius 2 is 2.19 bits per heavy atom. The van der Waals surface area contributed by atoms with Gasteiger partial charge < -0.3 is 4.74 Å². The van der Waals surface area contributed by atoms with E-state index in [4.69, 9.17) is 16.3 Å². The summed E-state index contributed by atoms with van der Waals surface area (Å²) in [6.45, 7) is 1.72. The Bertz CT molecular complexity index is 1060. The number of rotatable bonds is 4. The first-order valence-corrected chi connectivity index (χ1v) is 9.67. The molecule has 0 saturated carbocycles. The first-order valence-electron chi connectivity index (χ1n) is 8.47. The highest BCUT2D eigenvalue weighted by Crippen LogP contribution is 2.34. The largest absolute Gasteiger partial charge is 0.459 e. The van der Waals surface area contributed by atoms with Crippen molar-refractivity contribution >= 4 is 39.1 Å². The van der Waals surface area contributed by atoms with Crippen LogP contribution in [0.1, 0.15) is 35.4 Å². The molecule has 3 aromatic rings. The van der Waals surface area contributed by atoms with Crippen LogP contribution in [-0.2, 0) is 29.0 Å². The third-order valence-corrected chi connectivity index (χ3v) is 6.31. The number of hydrogen-bond donors (Lipinski definition) is 0. The lowest BCUT2D eigenvalue weighted by Crippen LogP contribution is -2.29. The molecule has 134 valence electrons. The fraction of sp³-hybridized carbons (Fsp3) is 0.316. The minimum atomic E-state index is -0.751. The summed E-state index contributed by atoms with van der Waals surface area (Å²) < 4.78 is 6.72. The molecule has 0 bridgehead atoms. The van der Waals surface area contributed by atoms with E-state index in [1.165, 1.54) is 15.8 Å². The van der Waals surface area contributed by atoms with Crippen LogP contribution in [0, 0.1) is 0 Å². The van der Waals surface area contributed by atoms with Crippen molar-refractivity contribution in [3.8, 4) is 0 Å². The molecule has 0 saturated heterocycles. The first-order chi connectivity index (χ1) is 12.6. The van der Waals surface area contributed by atoms with Crippen molar-refractivity contribution in [3.05, 3.63) is 62.0 Å². The second kappa shape index (κ2) is 6.85. The Balaban J connectivity index is 1.59. The number of nitrogens with zero attached hydrogens (tertiary/aromatic N) is 2. The maximum absolute atomic E-state index is 12.9. The molecular weight excluding hydrogens is 372 g/mol. The fourth-order valence-corrected chi connectivity index (χ4v) is 4.68. The third-order valence-electron chi connectivity index (χ3n) is 4.74. The van der Waals surface area contributed by atoms with Gasteiger partial charge in [-0.25, -0.2) is 9.78 Å². The molecule has 1 atom stereocenters. The van der Waals surface area contributed by atoms with Gasteiger partial charge in [0.25, 0.3) is 5.56 Å². The van der Waals surface area contributed by atoms with E-state index < -0.39 is 12.0 Å². The van der Waals surface area contributed by atoms with Gasteiger partial charge in [-0.3, -0.25) is 9.36 Å². The van der Waals surface area contributed by atoms with Gasteiger partial charge in [-0.15, -0.1) is 11.3 Å². The molecule has 1 aromatic carbocycles. The summed E-state index contributed by atoms with van der Waals surface area (Å²) in [5, 5.41) is 1.21. The molecule has 1 aliphatic carbocycles. The number of benzene rings is 1. The maximum Gasteiger partial charge on any atom is 0.329 e. The van der Waals surface area contributed by atoms with Crippen LogP contribution in [-0.4, -0.2) is 15.5 Å². The number of aromatic nitrogens is 2. The van der Waals surface area contributed by atoms with Gasteiger partial charge in [0.2, 0.25) is 0 Å². The Morgan fingerprint density at radius 1 is 1.38 bits per heavy atom. The zero-order valence-electron chi connectivity index (χ0n) is 14.2. The normalized spacial score (nSPS) is 14.4. The van der Waals surface area contributed by atoms with Crippen LogP contribution in [0.25, 0.3) is 10.2 Å². The fourth-order valence-electron chi connectivity index (χ4n) is 3.27. The molecule has 0 spiro atoms. The second-order valence-electron chi connectivity index (χ2n) is 6.37. The van der Waals surface area contributed by atoms with Crippen molar-refractivity contribution in [1.29, 1.82) is 0 Å². The average molecular weight is 389 g/mol. The van der Waals surface area contributed by atoms with E-state index in [0.29, 0.717) is 10.4 Å². The van der Waals surface area contributed by atoms with E-state index in [-0.39, 0.29) is 12.2 Å². The number of carbonyl (C=O) groups excluding carboxylic acids is 1. The van der Waals surface area contributed by atoms with Crippen LogP contribution in [0.5, 0.6) is 0 Å². The van der Waals surface area contributed by atoms with Gasteiger partial charge in [0.1, 0.15) is 17.5 Å². The van der Waals surface area contributed by atoms with Gasteiger partial charge in [0.15, 0.2) is 0 Å². The summed E-state index contributed by atoms with van der Waals surface area (Å²) in [6.07, 6.45) is 4.42. The highest BCUT2D eigenvalue weighted by atomic mass is 35.5. The summed E-state index contributed by atoms with van der Waals surface area (Å²) in [6, 6.07) is 6.44. The third kappa shape index (κ3) is 2.93. The van der Waals surface area contributed by atoms with Crippen LogP contribution >= 0.6 is 22.9 Å². The minimum absolute atomic E-state index is 0.0706. The van der Waals surface area contributed by atoms with Gasteiger partial charge in [-0.1, -0.05) is 29.8 Å². The van der Waals surface area contributed by atoms with E-state index in [1.807, 2.05) is 12.1 Å². The predicted molar refractivity (Wildman–Crippen MR) is 102 cm³/mol. The summed E-state index contributed by atoms with van der Waals surface area (Å²) in [4.78, 5) is 31.8. The summed E-state index contributed by atoms with van der Waals surface area (Å²) >= 11 is 7.66. The molecule has 1 unspecified atom stereocenters. The van der Waals surface area contributed by atoms with Crippen molar-refractivity contribution in [2.24, 2.45) is 0 Å². The number of esters is 1. The number of hydrogen-bond acceptors (Lipinski definition) is 5. The monoisotopic (exact) mass is 388 g/mol. The SMILES string of the molecule is CC(C(=O)OCc1ccccc1Cl)n1cnc2sc3c(c2c1=O)CCC3. The van der Waals surface area contributed by atoms with Crippen LogP contribution in [0.3, 0.4) is 0 Å². The van der Waals surface area contributed by atoms with Gasteiger partial charge >= 0.3 is 5.97 Å². The standard InChI is InChI=1S/C19H17ClN2O3S/c1-11(19(24)25-9-12-5-2-3-7-14(12)20)22-10-21-17-16(18(22)23)13-6-4-8-15(13)26-17/h2-3,5,7,10-11H,4,6,8-9H2,1H3. The zero-order chi connectivity index (χ0) is 18.3. The number of halogens is 1. The molecule has 2 heterocycles. The number of carbonyl (C=O) groups is 1. The Kier molecular flexibility index (Phi) is 4.54. The molecular formula is C19H17ClN2O3S. The van der Waals surface area contributed by atoms with E-state index >= 15 is 0 Å². The maximum atomic E-state index is 12.9. The molecule has 7 heteroatoms. The van der Waals surface area contributed by atoms with Gasteiger partial charge in [0.05, 0.1) is 11.7 Å². The molecule has 0 amide bonds. The summed E-state index contributed by atoms with van der Waals surface area (Å²) in [5.41, 5.74) is 1.66. The summed E-state index contributed by atoms with van der Waals surface area (Å²) in [5.74, 6) is -0.486. The van der Waals surface area contributed by atoms with Crippen molar-refractivity contribution in [2.75, 3.05) is 0 Å². The zero-order valence-corrected chi connectivity index (χ0v) is 15.8. The molecule has 0 N–H and O–H groups in total. The number of aryl methyl sites for hydroxylation is 2. The van der Waals surface area contributed by atoms with Gasteiger partial charge in [-0.05, 0) is 37.8 Å². The van der Waals surface area contributed by atoms with Crippen LogP contribution < -0.4 is 5.56 Å². The van der Waals surface area contributed by atoms with Crippen LogP contribution in [0.4, 0.5) is 0 Å². The topological polar surface area (TPSA) is 61.2 Å². The molecule has 5 nitrogen and oxygen atoms in total. The number of ether oxygens (including phenoxy) is 1. The molecule has 4 rings (SSSR count). The average Bonchev–Trinajstić information content (AvgIpc) is 3.21. The predicted octanol–water partition coefficient (Wildman–Crippen LogP) is 3.90. The van der Waals surface area contributed by atoms with Gasteiger partial charge in [0, 0.05) is 15.5 Å². The van der Waals surface area contributed by atoms with Crippen molar-refractivity contribution in [1.82, 2.24) is 9.55 Å². The quantitative estimate of drug-likeness (QED) is 0.636. The first kappa shape index (κ1) is 17.2. The molecule has 2 aromatic heterocycles. The molecule has 1 aliphatic rings. The smallest absolute Gasteiger partial charge is 0.329 e. The molecule has 0 fully saturated rings. The molecule has 0 aliphatic heterocycles. The Morgan fingerprint density at radius 3 is 3.00 bits per heavy atom. The Hall–Kier alpha value is -2.18.